The van der Waals surface area contributed by atoms with Crippen LogP contribution in [0.3, 0.4) is 0 Å². The molecule has 1 aliphatic rings. The minimum atomic E-state index is -1.19. The molecule has 1 aliphatic heterocycles. The number of nitrogens with one attached hydrogen (secondary N) is 2. The van der Waals surface area contributed by atoms with E-state index in [0.717, 1.165) is 10.5 Å². The second-order valence-corrected chi connectivity index (χ2v) is 7.08. The molecule has 1 saturated heterocycles. The Kier molecular flexibility index (Phi) is 5.03. The number of carbonyl (C=O) groups excluding carboxylic acids is 3. The molecule has 3 rings (SSSR count). The smallest absolute Gasteiger partial charge is 0.325 e. The predicted octanol–water partition coefficient (Wildman–Crippen LogP) is 2.49. The van der Waals surface area contributed by atoms with E-state index in [0.29, 0.717) is 17.2 Å². The maximum Gasteiger partial charge on any atom is 0.325 e. The summed E-state index contributed by atoms with van der Waals surface area (Å²) in [6, 6.07) is 10.4. The zero-order valence-corrected chi connectivity index (χ0v) is 15.6. The van der Waals surface area contributed by atoms with Gasteiger partial charge in [0.25, 0.3) is 5.91 Å². The second kappa shape index (κ2) is 7.26. The van der Waals surface area contributed by atoms with Crippen molar-refractivity contribution in [3.05, 3.63) is 59.5 Å². The first-order valence-corrected chi connectivity index (χ1v) is 8.85. The summed E-state index contributed by atoms with van der Waals surface area (Å²) in [7, 11) is 0. The number of furan rings is 1. The zero-order chi connectivity index (χ0) is 19.6. The lowest BCUT2D eigenvalue weighted by Gasteiger charge is -2.22. The molecule has 7 heteroatoms. The fourth-order valence-corrected chi connectivity index (χ4v) is 3.04. The fraction of sp³-hybridized carbons (Fsp3) is 0.350. The van der Waals surface area contributed by atoms with Crippen LogP contribution >= 0.6 is 0 Å². The first kappa shape index (κ1) is 18.7. The molecule has 0 saturated carbocycles. The lowest BCUT2D eigenvalue weighted by Crippen LogP contribution is -2.43. The Bertz CT molecular complexity index is 843. The number of urea groups is 1. The van der Waals surface area contributed by atoms with E-state index < -0.39 is 23.4 Å². The number of hydrogen-bond donors (Lipinski definition) is 2. The lowest BCUT2D eigenvalue weighted by molar-refractivity contribution is -0.134. The van der Waals surface area contributed by atoms with Gasteiger partial charge in [0.15, 0.2) is 0 Å². The van der Waals surface area contributed by atoms with Gasteiger partial charge in [-0.1, -0.05) is 38.1 Å². The highest BCUT2D eigenvalue weighted by molar-refractivity contribution is 6.09. The largest absolute Gasteiger partial charge is 0.467 e. The van der Waals surface area contributed by atoms with Crippen molar-refractivity contribution in [3.8, 4) is 0 Å². The van der Waals surface area contributed by atoms with E-state index in [9.17, 15) is 14.4 Å². The van der Waals surface area contributed by atoms with Crippen molar-refractivity contribution in [2.24, 2.45) is 0 Å². The van der Waals surface area contributed by atoms with E-state index in [1.165, 1.54) is 6.26 Å². The Hall–Kier alpha value is -3.09. The summed E-state index contributed by atoms with van der Waals surface area (Å²) >= 11 is 0. The van der Waals surface area contributed by atoms with Crippen LogP contribution in [0, 0.1) is 0 Å². The Labute approximate surface area is 157 Å². The van der Waals surface area contributed by atoms with E-state index in [2.05, 4.69) is 24.5 Å². The summed E-state index contributed by atoms with van der Waals surface area (Å²) in [6.07, 6.45) is 1.51. The van der Waals surface area contributed by atoms with E-state index in [1.54, 1.807) is 19.1 Å². The fourth-order valence-electron chi connectivity index (χ4n) is 3.04. The molecular weight excluding hydrogens is 346 g/mol. The number of benzene rings is 1. The van der Waals surface area contributed by atoms with Crippen molar-refractivity contribution in [1.82, 2.24) is 15.5 Å². The van der Waals surface area contributed by atoms with Crippen molar-refractivity contribution >= 4 is 17.8 Å². The van der Waals surface area contributed by atoms with Gasteiger partial charge in [0.05, 0.1) is 12.8 Å². The molecule has 1 aromatic heterocycles. The van der Waals surface area contributed by atoms with Gasteiger partial charge in [-0.05, 0) is 36.1 Å². The highest BCUT2D eigenvalue weighted by atomic mass is 16.3. The Morgan fingerprint density at radius 1 is 1.22 bits per heavy atom. The number of rotatable bonds is 6. The molecule has 1 aromatic carbocycles. The molecule has 0 radical (unpaired) electrons. The van der Waals surface area contributed by atoms with Gasteiger partial charge in [0, 0.05) is 0 Å². The number of carbonyl (C=O) groups is 3. The molecule has 0 bridgehead atoms. The minimum absolute atomic E-state index is 0.198. The molecule has 2 aromatic rings. The first-order chi connectivity index (χ1) is 12.8. The molecule has 4 amide bonds. The number of imide groups is 1. The van der Waals surface area contributed by atoms with Gasteiger partial charge in [-0.3, -0.25) is 14.5 Å². The maximum atomic E-state index is 12.9. The molecule has 0 aliphatic carbocycles. The van der Waals surface area contributed by atoms with Gasteiger partial charge in [-0.25, -0.2) is 4.79 Å². The molecule has 0 spiro atoms. The van der Waals surface area contributed by atoms with Crippen LogP contribution in [0.5, 0.6) is 0 Å². The van der Waals surface area contributed by atoms with E-state index in [4.69, 9.17) is 4.42 Å². The maximum absolute atomic E-state index is 12.9. The SMILES string of the molecule is CC(C)c1ccc(C2(C)NC(=O)N(CC(=O)NCc3ccco3)C2=O)cc1. The molecule has 142 valence electrons. The van der Waals surface area contributed by atoms with Crippen LogP contribution in [0.25, 0.3) is 0 Å². The third-order valence-corrected chi connectivity index (χ3v) is 4.77. The quantitative estimate of drug-likeness (QED) is 0.765. The number of hydrogen-bond acceptors (Lipinski definition) is 4. The number of nitrogens with zero attached hydrogens (tertiary/aromatic N) is 1. The van der Waals surface area contributed by atoms with Gasteiger partial charge in [-0.15, -0.1) is 0 Å². The van der Waals surface area contributed by atoms with Crippen LogP contribution in [0.2, 0.25) is 0 Å². The van der Waals surface area contributed by atoms with Crippen LogP contribution in [0.4, 0.5) is 4.79 Å². The Morgan fingerprint density at radius 3 is 2.52 bits per heavy atom. The van der Waals surface area contributed by atoms with Gasteiger partial charge < -0.3 is 15.1 Å². The van der Waals surface area contributed by atoms with Crippen molar-refractivity contribution in [2.75, 3.05) is 6.54 Å². The summed E-state index contributed by atoms with van der Waals surface area (Å²) < 4.78 is 5.14. The van der Waals surface area contributed by atoms with Crippen molar-refractivity contribution in [3.63, 3.8) is 0 Å². The molecule has 2 N–H and O–H groups in total. The van der Waals surface area contributed by atoms with Crippen LogP contribution in [0.15, 0.2) is 47.1 Å². The minimum Gasteiger partial charge on any atom is -0.467 e. The van der Waals surface area contributed by atoms with E-state index >= 15 is 0 Å². The third kappa shape index (κ3) is 3.72. The molecule has 1 unspecified atom stereocenters. The number of amides is 4. The summed E-state index contributed by atoms with van der Waals surface area (Å²) in [5.74, 6) is 0.0814. The van der Waals surface area contributed by atoms with Crippen LogP contribution in [-0.2, 0) is 21.7 Å². The second-order valence-electron chi connectivity index (χ2n) is 7.08. The van der Waals surface area contributed by atoms with Crippen molar-refractivity contribution in [2.45, 2.75) is 38.8 Å². The van der Waals surface area contributed by atoms with Gasteiger partial charge in [-0.2, -0.15) is 0 Å². The standard InChI is InChI=1S/C20H23N3O4/c1-13(2)14-6-8-15(9-7-14)20(3)18(25)23(19(26)22-20)12-17(24)21-11-16-5-4-10-27-16/h4-10,13H,11-12H2,1-3H3,(H,21,24)(H,22,26). The van der Waals surface area contributed by atoms with Crippen LogP contribution in [-0.4, -0.2) is 29.3 Å². The summed E-state index contributed by atoms with van der Waals surface area (Å²) in [5, 5.41) is 5.34. The van der Waals surface area contributed by atoms with Crippen LogP contribution < -0.4 is 10.6 Å². The van der Waals surface area contributed by atoms with Crippen LogP contribution in [0.1, 0.15) is 43.6 Å². The molecule has 1 fully saturated rings. The molecule has 2 heterocycles. The third-order valence-electron chi connectivity index (χ3n) is 4.77. The lowest BCUT2D eigenvalue weighted by atomic mass is 9.90. The molecule has 27 heavy (non-hydrogen) atoms. The monoisotopic (exact) mass is 369 g/mol. The average Bonchev–Trinajstić information content (AvgIpc) is 3.23. The van der Waals surface area contributed by atoms with Gasteiger partial charge in [0.2, 0.25) is 5.91 Å². The average molecular weight is 369 g/mol. The van der Waals surface area contributed by atoms with E-state index in [-0.39, 0.29) is 13.1 Å². The zero-order valence-electron chi connectivity index (χ0n) is 15.6. The molecule has 1 atom stereocenters. The summed E-state index contributed by atoms with van der Waals surface area (Å²) in [6.45, 7) is 5.68. The summed E-state index contributed by atoms with van der Waals surface area (Å²) in [5.41, 5.74) is 0.644. The van der Waals surface area contributed by atoms with Gasteiger partial charge >= 0.3 is 6.03 Å². The highest BCUT2D eigenvalue weighted by Crippen LogP contribution is 2.29. The Morgan fingerprint density at radius 2 is 1.93 bits per heavy atom. The molecular formula is C20H23N3O4. The topological polar surface area (TPSA) is 91.7 Å². The first-order valence-electron chi connectivity index (χ1n) is 8.85. The van der Waals surface area contributed by atoms with Gasteiger partial charge in [0.1, 0.15) is 17.8 Å². The summed E-state index contributed by atoms with van der Waals surface area (Å²) in [4.78, 5) is 38.2. The predicted molar refractivity (Wildman–Crippen MR) is 98.7 cm³/mol. The normalized spacial score (nSPS) is 19.5. The highest BCUT2D eigenvalue weighted by Gasteiger charge is 2.49. The molecule has 7 nitrogen and oxygen atoms in total. The Balaban J connectivity index is 1.69. The van der Waals surface area contributed by atoms with Crippen molar-refractivity contribution in [1.29, 1.82) is 0 Å². The van der Waals surface area contributed by atoms with E-state index in [1.807, 2.05) is 24.3 Å². The van der Waals surface area contributed by atoms with Crippen molar-refractivity contribution < 1.29 is 18.8 Å².